The number of hydrogen-bond donors (Lipinski definition) is 2. The highest BCUT2D eigenvalue weighted by atomic mass is 16.2. The summed E-state index contributed by atoms with van der Waals surface area (Å²) in [5.41, 5.74) is 3.80. The molecule has 0 spiro atoms. The maximum Gasteiger partial charge on any atom is 0.313 e. The van der Waals surface area contributed by atoms with Crippen LogP contribution in [0.1, 0.15) is 11.1 Å². The van der Waals surface area contributed by atoms with Crippen molar-refractivity contribution in [1.29, 1.82) is 0 Å². The molecule has 0 unspecified atom stereocenters. The van der Waals surface area contributed by atoms with Crippen LogP contribution in [0.15, 0.2) is 48.5 Å². The molecule has 0 heterocycles. The monoisotopic (exact) mass is 325 g/mol. The number of nitrogens with zero attached hydrogens (tertiary/aromatic N) is 1. The number of hydrogen-bond acceptors (Lipinski definition) is 3. The van der Waals surface area contributed by atoms with Gasteiger partial charge >= 0.3 is 11.8 Å². The lowest BCUT2D eigenvalue weighted by Gasteiger charge is -2.12. The molecule has 0 aliphatic carbocycles. The molecule has 0 aromatic heterocycles. The lowest BCUT2D eigenvalue weighted by atomic mass is 10.1. The second-order valence-corrected chi connectivity index (χ2v) is 5.84. The predicted molar refractivity (Wildman–Crippen MR) is 97.3 cm³/mol. The Morgan fingerprint density at radius 2 is 1.62 bits per heavy atom. The molecule has 0 fully saturated rings. The Labute approximate surface area is 142 Å². The largest absolute Gasteiger partial charge is 0.378 e. The second kappa shape index (κ2) is 8.15. The lowest BCUT2D eigenvalue weighted by Crippen LogP contribution is -2.36. The summed E-state index contributed by atoms with van der Waals surface area (Å²) in [6.07, 6.45) is 0.678. The van der Waals surface area contributed by atoms with E-state index in [1.807, 2.05) is 68.4 Å². The zero-order valence-electron chi connectivity index (χ0n) is 14.3. The van der Waals surface area contributed by atoms with E-state index in [0.29, 0.717) is 18.7 Å². The first-order valence-corrected chi connectivity index (χ1v) is 7.88. The second-order valence-electron chi connectivity index (χ2n) is 5.84. The number of anilines is 2. The predicted octanol–water partition coefficient (Wildman–Crippen LogP) is 2.36. The SMILES string of the molecule is Cc1ccccc1NC(=O)C(=O)NCCc1ccc(N(C)C)cc1. The van der Waals surface area contributed by atoms with Gasteiger partial charge in [-0.2, -0.15) is 0 Å². The van der Waals surface area contributed by atoms with Gasteiger partial charge in [-0.05, 0) is 42.7 Å². The molecule has 5 nitrogen and oxygen atoms in total. The molecule has 2 rings (SSSR count). The summed E-state index contributed by atoms with van der Waals surface area (Å²) in [4.78, 5) is 25.8. The van der Waals surface area contributed by atoms with Gasteiger partial charge in [-0.15, -0.1) is 0 Å². The van der Waals surface area contributed by atoms with Crippen LogP contribution in [0, 0.1) is 6.92 Å². The number of carbonyl (C=O) groups excluding carboxylic acids is 2. The highest BCUT2D eigenvalue weighted by molar-refractivity contribution is 6.39. The van der Waals surface area contributed by atoms with E-state index in [9.17, 15) is 9.59 Å². The van der Waals surface area contributed by atoms with E-state index in [2.05, 4.69) is 10.6 Å². The van der Waals surface area contributed by atoms with Crippen LogP contribution in [0.5, 0.6) is 0 Å². The van der Waals surface area contributed by atoms with Crippen LogP contribution in [-0.4, -0.2) is 32.5 Å². The van der Waals surface area contributed by atoms with Crippen LogP contribution >= 0.6 is 0 Å². The van der Waals surface area contributed by atoms with E-state index < -0.39 is 11.8 Å². The highest BCUT2D eigenvalue weighted by Crippen LogP contribution is 2.13. The fraction of sp³-hybridized carbons (Fsp3) is 0.263. The van der Waals surface area contributed by atoms with E-state index in [0.717, 1.165) is 16.8 Å². The molecule has 0 saturated heterocycles. The molecule has 0 aliphatic rings. The number of para-hydroxylation sites is 1. The summed E-state index contributed by atoms with van der Waals surface area (Å²) in [6.45, 7) is 2.30. The molecule has 2 aromatic rings. The minimum atomic E-state index is -0.646. The molecule has 5 heteroatoms. The van der Waals surface area contributed by atoms with E-state index in [1.54, 1.807) is 6.07 Å². The summed E-state index contributed by atoms with van der Waals surface area (Å²) in [5.74, 6) is -1.27. The van der Waals surface area contributed by atoms with E-state index in [-0.39, 0.29) is 0 Å². The van der Waals surface area contributed by atoms with Crippen LogP contribution in [0.2, 0.25) is 0 Å². The first-order valence-electron chi connectivity index (χ1n) is 7.88. The van der Waals surface area contributed by atoms with Crippen molar-refractivity contribution in [2.75, 3.05) is 30.9 Å². The van der Waals surface area contributed by atoms with Crippen LogP contribution in [0.25, 0.3) is 0 Å². The Hall–Kier alpha value is -2.82. The Bertz CT molecular complexity index is 709. The molecule has 2 aromatic carbocycles. The Balaban J connectivity index is 1.80. The van der Waals surface area contributed by atoms with Gasteiger partial charge in [0.1, 0.15) is 0 Å². The highest BCUT2D eigenvalue weighted by Gasteiger charge is 2.13. The average molecular weight is 325 g/mol. The van der Waals surface area contributed by atoms with Gasteiger partial charge in [-0.25, -0.2) is 0 Å². The van der Waals surface area contributed by atoms with E-state index in [1.165, 1.54) is 0 Å². The van der Waals surface area contributed by atoms with E-state index in [4.69, 9.17) is 0 Å². The van der Waals surface area contributed by atoms with E-state index >= 15 is 0 Å². The fourth-order valence-electron chi connectivity index (χ4n) is 2.25. The van der Waals surface area contributed by atoms with Crippen molar-refractivity contribution < 1.29 is 9.59 Å². The van der Waals surface area contributed by atoms with Crippen LogP contribution in [-0.2, 0) is 16.0 Å². The van der Waals surface area contributed by atoms with Crippen molar-refractivity contribution in [2.24, 2.45) is 0 Å². The normalized spacial score (nSPS) is 10.1. The third-order valence-corrected chi connectivity index (χ3v) is 3.75. The van der Waals surface area contributed by atoms with Gasteiger partial charge < -0.3 is 15.5 Å². The molecular weight excluding hydrogens is 302 g/mol. The number of carbonyl (C=O) groups is 2. The maximum absolute atomic E-state index is 11.9. The molecule has 0 radical (unpaired) electrons. The lowest BCUT2D eigenvalue weighted by molar-refractivity contribution is -0.136. The molecule has 2 amide bonds. The quantitative estimate of drug-likeness (QED) is 0.830. The topological polar surface area (TPSA) is 61.4 Å². The Morgan fingerprint density at radius 1 is 0.958 bits per heavy atom. The third kappa shape index (κ3) is 4.84. The third-order valence-electron chi connectivity index (χ3n) is 3.75. The van der Waals surface area contributed by atoms with Crippen LogP contribution in [0.3, 0.4) is 0 Å². The van der Waals surface area contributed by atoms with Gasteiger partial charge in [0.15, 0.2) is 0 Å². The van der Waals surface area contributed by atoms with Crippen LogP contribution in [0.4, 0.5) is 11.4 Å². The van der Waals surface area contributed by atoms with Crippen LogP contribution < -0.4 is 15.5 Å². The molecule has 0 atom stereocenters. The summed E-state index contributed by atoms with van der Waals surface area (Å²) in [7, 11) is 3.98. The van der Waals surface area contributed by atoms with Gasteiger partial charge in [0, 0.05) is 32.0 Å². The number of nitrogens with one attached hydrogen (secondary N) is 2. The first kappa shape index (κ1) is 17.5. The molecule has 0 bridgehead atoms. The standard InChI is InChI=1S/C19H23N3O2/c1-14-6-4-5-7-17(14)21-19(24)18(23)20-13-12-15-8-10-16(11-9-15)22(2)3/h4-11H,12-13H2,1-3H3,(H,20,23)(H,21,24). The summed E-state index contributed by atoms with van der Waals surface area (Å²) >= 11 is 0. The van der Waals surface area contributed by atoms with Crippen molar-refractivity contribution >= 4 is 23.2 Å². The molecule has 2 N–H and O–H groups in total. The van der Waals surface area contributed by atoms with Crippen molar-refractivity contribution in [3.8, 4) is 0 Å². The Kier molecular flexibility index (Phi) is 5.95. The van der Waals surface area contributed by atoms with Gasteiger partial charge in [-0.1, -0.05) is 30.3 Å². The van der Waals surface area contributed by atoms with Crippen molar-refractivity contribution in [3.05, 3.63) is 59.7 Å². The molecule has 24 heavy (non-hydrogen) atoms. The van der Waals surface area contributed by atoms with Gasteiger partial charge in [0.2, 0.25) is 0 Å². The summed E-state index contributed by atoms with van der Waals surface area (Å²) < 4.78 is 0. The smallest absolute Gasteiger partial charge is 0.313 e. The van der Waals surface area contributed by atoms with Crippen molar-refractivity contribution in [3.63, 3.8) is 0 Å². The minimum Gasteiger partial charge on any atom is -0.378 e. The fourth-order valence-corrected chi connectivity index (χ4v) is 2.25. The average Bonchev–Trinajstić information content (AvgIpc) is 2.57. The van der Waals surface area contributed by atoms with Gasteiger partial charge in [-0.3, -0.25) is 9.59 Å². The molecule has 126 valence electrons. The number of aryl methyl sites for hydroxylation is 1. The van der Waals surface area contributed by atoms with Crippen molar-refractivity contribution in [2.45, 2.75) is 13.3 Å². The van der Waals surface area contributed by atoms with Gasteiger partial charge in [0.25, 0.3) is 0 Å². The number of benzene rings is 2. The molecule has 0 saturated carbocycles. The Morgan fingerprint density at radius 3 is 2.25 bits per heavy atom. The zero-order valence-corrected chi connectivity index (χ0v) is 14.3. The van der Waals surface area contributed by atoms with Gasteiger partial charge in [0.05, 0.1) is 0 Å². The number of amides is 2. The first-order chi connectivity index (χ1) is 11.5. The minimum absolute atomic E-state index is 0.418. The summed E-state index contributed by atoms with van der Waals surface area (Å²) in [5, 5.41) is 5.27. The number of rotatable bonds is 5. The molecular formula is C19H23N3O2. The summed E-state index contributed by atoms with van der Waals surface area (Å²) in [6, 6.07) is 15.5. The zero-order chi connectivity index (χ0) is 17.5. The van der Waals surface area contributed by atoms with Crippen molar-refractivity contribution in [1.82, 2.24) is 5.32 Å². The maximum atomic E-state index is 11.9. The molecule has 0 aliphatic heterocycles.